The van der Waals surface area contributed by atoms with Gasteiger partial charge < -0.3 is 10.1 Å². The molecule has 0 radical (unpaired) electrons. The van der Waals surface area contributed by atoms with Crippen molar-refractivity contribution < 1.29 is 23.5 Å². The van der Waals surface area contributed by atoms with E-state index in [2.05, 4.69) is 5.32 Å². The minimum Gasteiger partial charge on any atom is -0.452 e. The van der Waals surface area contributed by atoms with Crippen LogP contribution in [0.4, 0.5) is 4.39 Å². The topological polar surface area (TPSA) is 72.5 Å². The Hall–Kier alpha value is -2.73. The number of ether oxygens (including phenoxy) is 1. The molecule has 0 heterocycles. The molecule has 1 N–H and O–H groups in total. The summed E-state index contributed by atoms with van der Waals surface area (Å²) in [6.07, 6.45) is 0.321. The molecule has 5 nitrogen and oxygen atoms in total. The van der Waals surface area contributed by atoms with Gasteiger partial charge in [0.2, 0.25) is 0 Å². The maximum absolute atomic E-state index is 13.7. The van der Waals surface area contributed by atoms with E-state index >= 15 is 0 Å². The molecule has 1 atom stereocenters. The number of Topliss-reactive ketones (excluding diaryl/α,β-unsaturated/α-hetero) is 1. The van der Waals surface area contributed by atoms with Gasteiger partial charge >= 0.3 is 5.97 Å². The van der Waals surface area contributed by atoms with Crippen molar-refractivity contribution in [3.63, 3.8) is 0 Å². The van der Waals surface area contributed by atoms with Crippen LogP contribution in [0.15, 0.2) is 48.5 Å². The summed E-state index contributed by atoms with van der Waals surface area (Å²) in [5.74, 6) is -2.70. The molecule has 2 rings (SSSR count). The predicted molar refractivity (Wildman–Crippen MR) is 94.5 cm³/mol. The number of carbonyl (C=O) groups excluding carboxylic acids is 3. The lowest BCUT2D eigenvalue weighted by atomic mass is 10.0. The highest BCUT2D eigenvalue weighted by Crippen LogP contribution is 2.15. The van der Waals surface area contributed by atoms with E-state index in [0.717, 1.165) is 11.6 Å². The largest absolute Gasteiger partial charge is 0.452 e. The third-order valence-electron chi connectivity index (χ3n) is 3.59. The first-order valence-electron chi connectivity index (χ1n) is 7.82. The molecule has 136 valence electrons. The van der Waals surface area contributed by atoms with E-state index < -0.39 is 30.3 Å². The molecule has 7 heteroatoms. The lowest BCUT2D eigenvalue weighted by Gasteiger charge is -2.16. The molecule has 0 aromatic heterocycles. The second-order valence-electron chi connectivity index (χ2n) is 5.62. The Labute approximate surface area is 155 Å². The van der Waals surface area contributed by atoms with Crippen molar-refractivity contribution in [1.29, 1.82) is 0 Å². The van der Waals surface area contributed by atoms with Crippen LogP contribution in [0.1, 0.15) is 22.8 Å². The highest BCUT2D eigenvalue weighted by atomic mass is 35.5. The Bertz CT molecular complexity index is 810. The molecule has 0 aliphatic heterocycles. The van der Waals surface area contributed by atoms with Gasteiger partial charge in [-0.25, -0.2) is 9.18 Å². The zero-order valence-electron chi connectivity index (χ0n) is 14.0. The lowest BCUT2D eigenvalue weighted by Crippen LogP contribution is -2.43. The van der Waals surface area contributed by atoms with Gasteiger partial charge in [0, 0.05) is 5.02 Å². The fourth-order valence-electron chi connectivity index (χ4n) is 2.25. The highest BCUT2D eigenvalue weighted by molar-refractivity contribution is 6.30. The van der Waals surface area contributed by atoms with Crippen LogP contribution in [0.25, 0.3) is 0 Å². The van der Waals surface area contributed by atoms with Crippen LogP contribution in [-0.2, 0) is 20.7 Å². The zero-order chi connectivity index (χ0) is 19.1. The van der Waals surface area contributed by atoms with Gasteiger partial charge in [-0.15, -0.1) is 0 Å². The number of hydrogen-bond acceptors (Lipinski definition) is 4. The number of carbonyl (C=O) groups is 3. The minimum absolute atomic E-state index is 0.141. The van der Waals surface area contributed by atoms with E-state index in [0.29, 0.717) is 6.42 Å². The first kappa shape index (κ1) is 19.6. The van der Waals surface area contributed by atoms with Gasteiger partial charge in [-0.2, -0.15) is 0 Å². The van der Waals surface area contributed by atoms with Crippen molar-refractivity contribution >= 4 is 29.3 Å². The van der Waals surface area contributed by atoms with Crippen molar-refractivity contribution in [2.45, 2.75) is 19.4 Å². The summed E-state index contributed by atoms with van der Waals surface area (Å²) in [5.41, 5.74) is 0.558. The number of benzene rings is 2. The van der Waals surface area contributed by atoms with Crippen molar-refractivity contribution in [1.82, 2.24) is 5.32 Å². The molecule has 0 spiro atoms. The SMILES string of the molecule is CC(=O)C(Cc1ccccc1)NC(=O)COC(=O)c1ccc(Cl)cc1F. The number of amides is 1. The van der Waals surface area contributed by atoms with Crippen LogP contribution < -0.4 is 5.32 Å². The van der Waals surface area contributed by atoms with E-state index in [1.807, 2.05) is 30.3 Å². The maximum atomic E-state index is 13.7. The summed E-state index contributed by atoms with van der Waals surface area (Å²) in [5, 5.41) is 2.66. The van der Waals surface area contributed by atoms with Gasteiger partial charge in [0.05, 0.1) is 11.6 Å². The molecule has 0 saturated carbocycles. The molecule has 1 unspecified atom stereocenters. The number of esters is 1. The van der Waals surface area contributed by atoms with Crippen LogP contribution in [0.2, 0.25) is 5.02 Å². The Morgan fingerprint density at radius 2 is 1.85 bits per heavy atom. The maximum Gasteiger partial charge on any atom is 0.341 e. The summed E-state index contributed by atoms with van der Waals surface area (Å²) < 4.78 is 18.4. The molecule has 0 bridgehead atoms. The van der Waals surface area contributed by atoms with Crippen LogP contribution in [0.3, 0.4) is 0 Å². The number of ketones is 1. The summed E-state index contributed by atoms with van der Waals surface area (Å²) >= 11 is 5.61. The Balaban J connectivity index is 1.91. The zero-order valence-corrected chi connectivity index (χ0v) is 14.8. The Morgan fingerprint density at radius 1 is 1.15 bits per heavy atom. The Morgan fingerprint density at radius 3 is 2.46 bits per heavy atom. The van der Waals surface area contributed by atoms with Crippen LogP contribution in [0.5, 0.6) is 0 Å². The van der Waals surface area contributed by atoms with E-state index in [4.69, 9.17) is 16.3 Å². The van der Waals surface area contributed by atoms with Gasteiger partial charge in [0.15, 0.2) is 12.4 Å². The summed E-state index contributed by atoms with van der Waals surface area (Å²) in [4.78, 5) is 35.5. The van der Waals surface area contributed by atoms with Gasteiger partial charge in [0.1, 0.15) is 5.82 Å². The molecule has 2 aromatic rings. The lowest BCUT2D eigenvalue weighted by molar-refractivity contribution is -0.128. The normalized spacial score (nSPS) is 11.5. The number of hydrogen-bond donors (Lipinski definition) is 1. The van der Waals surface area contributed by atoms with E-state index in [1.165, 1.54) is 19.1 Å². The number of halogens is 2. The second kappa shape index (κ2) is 9.10. The van der Waals surface area contributed by atoms with E-state index in [1.54, 1.807) is 0 Å². The van der Waals surface area contributed by atoms with Gasteiger partial charge in [-0.05, 0) is 37.1 Å². The monoisotopic (exact) mass is 377 g/mol. The molecule has 0 aliphatic rings. The standard InChI is InChI=1S/C19H17ClFNO4/c1-12(23)17(9-13-5-3-2-4-6-13)22-18(24)11-26-19(25)15-8-7-14(20)10-16(15)21/h2-8,10,17H,9,11H2,1H3,(H,22,24). The van der Waals surface area contributed by atoms with E-state index in [-0.39, 0.29) is 16.4 Å². The minimum atomic E-state index is -0.989. The summed E-state index contributed by atoms with van der Waals surface area (Å²) in [7, 11) is 0. The van der Waals surface area contributed by atoms with Crippen LogP contribution in [-0.4, -0.2) is 30.3 Å². The first-order chi connectivity index (χ1) is 12.4. The molecular formula is C19H17ClFNO4. The number of nitrogens with one attached hydrogen (secondary N) is 1. The highest BCUT2D eigenvalue weighted by Gasteiger charge is 2.20. The van der Waals surface area contributed by atoms with Gasteiger partial charge in [-0.1, -0.05) is 41.9 Å². The summed E-state index contributed by atoms with van der Waals surface area (Å²) in [6, 6.07) is 11.9. The van der Waals surface area contributed by atoms with Crippen molar-refractivity contribution in [2.24, 2.45) is 0 Å². The molecule has 0 fully saturated rings. The average molecular weight is 378 g/mol. The predicted octanol–water partition coefficient (Wildman–Crippen LogP) is 2.95. The fourth-order valence-corrected chi connectivity index (χ4v) is 2.40. The smallest absolute Gasteiger partial charge is 0.341 e. The quantitative estimate of drug-likeness (QED) is 0.753. The molecule has 2 aromatic carbocycles. The third kappa shape index (κ3) is 5.67. The molecule has 26 heavy (non-hydrogen) atoms. The first-order valence-corrected chi connectivity index (χ1v) is 8.20. The van der Waals surface area contributed by atoms with Crippen molar-refractivity contribution in [3.8, 4) is 0 Å². The van der Waals surface area contributed by atoms with Gasteiger partial charge in [0.25, 0.3) is 5.91 Å². The molecule has 1 amide bonds. The second-order valence-corrected chi connectivity index (χ2v) is 6.06. The third-order valence-corrected chi connectivity index (χ3v) is 3.83. The van der Waals surface area contributed by atoms with Gasteiger partial charge in [-0.3, -0.25) is 9.59 Å². The average Bonchev–Trinajstić information content (AvgIpc) is 2.60. The van der Waals surface area contributed by atoms with Crippen LogP contribution in [0, 0.1) is 5.82 Å². The Kier molecular flexibility index (Phi) is 6.86. The van der Waals surface area contributed by atoms with Crippen molar-refractivity contribution in [2.75, 3.05) is 6.61 Å². The summed E-state index contributed by atoms with van der Waals surface area (Å²) in [6.45, 7) is 0.739. The van der Waals surface area contributed by atoms with Crippen molar-refractivity contribution in [3.05, 3.63) is 70.5 Å². The van der Waals surface area contributed by atoms with Crippen LogP contribution >= 0.6 is 11.6 Å². The number of rotatable bonds is 7. The molecular weight excluding hydrogens is 361 g/mol. The fraction of sp³-hybridized carbons (Fsp3) is 0.211. The molecule has 0 saturated heterocycles. The van der Waals surface area contributed by atoms with E-state index in [9.17, 15) is 18.8 Å². The molecule has 0 aliphatic carbocycles.